The molecule has 1 saturated heterocycles. The molecule has 0 saturated carbocycles. The van der Waals surface area contributed by atoms with Gasteiger partial charge in [-0.05, 0) is 61.8 Å². The van der Waals surface area contributed by atoms with Gasteiger partial charge in [0.1, 0.15) is 5.82 Å². The van der Waals surface area contributed by atoms with Crippen LogP contribution in [0.4, 0.5) is 18.9 Å². The zero-order valence-corrected chi connectivity index (χ0v) is 12.7. The molecule has 0 atom stereocenters. The highest BCUT2D eigenvalue weighted by Crippen LogP contribution is 2.25. The Morgan fingerprint density at radius 3 is 2.43 bits per heavy atom. The summed E-state index contributed by atoms with van der Waals surface area (Å²) < 4.78 is 40.2. The Labute approximate surface area is 133 Å². The van der Waals surface area contributed by atoms with Crippen LogP contribution in [0.25, 0.3) is 0 Å². The van der Waals surface area contributed by atoms with E-state index in [9.17, 15) is 13.2 Å². The van der Waals surface area contributed by atoms with Crippen molar-refractivity contribution in [2.24, 2.45) is 0 Å². The summed E-state index contributed by atoms with van der Waals surface area (Å²) in [6.45, 7) is 2.22. The first kappa shape index (κ1) is 15.9. The van der Waals surface area contributed by atoms with Crippen molar-refractivity contribution < 1.29 is 13.2 Å². The lowest BCUT2D eigenvalue weighted by Gasteiger charge is -2.36. The van der Waals surface area contributed by atoms with E-state index in [-0.39, 0.29) is 11.9 Å². The fraction of sp³-hybridized carbons (Fsp3) is 0.333. The van der Waals surface area contributed by atoms with Gasteiger partial charge in [0.2, 0.25) is 0 Å². The van der Waals surface area contributed by atoms with E-state index in [0.29, 0.717) is 12.1 Å². The molecule has 23 heavy (non-hydrogen) atoms. The molecule has 0 aliphatic carbocycles. The van der Waals surface area contributed by atoms with Gasteiger partial charge in [0.05, 0.1) is 0 Å². The molecule has 1 aliphatic rings. The Balaban J connectivity index is 1.89. The van der Waals surface area contributed by atoms with Gasteiger partial charge in [0, 0.05) is 18.3 Å². The number of nitrogens with zero attached hydrogens (tertiary/aromatic N) is 1. The minimum absolute atomic E-state index is 0.242. The molecule has 1 fully saturated rings. The van der Waals surface area contributed by atoms with Crippen LogP contribution in [0, 0.1) is 17.5 Å². The Morgan fingerprint density at radius 2 is 1.74 bits per heavy atom. The molecule has 1 heterocycles. The third kappa shape index (κ3) is 3.85. The monoisotopic (exact) mass is 320 g/mol. The van der Waals surface area contributed by atoms with E-state index in [1.807, 2.05) is 6.07 Å². The Hall–Kier alpha value is -2.01. The Kier molecular flexibility index (Phi) is 4.86. The normalized spacial score (nSPS) is 15.6. The topological polar surface area (TPSA) is 15.3 Å². The average molecular weight is 320 g/mol. The van der Waals surface area contributed by atoms with Crippen LogP contribution >= 0.6 is 0 Å². The molecular formula is C18H19F3N2. The SMILES string of the molecule is Fc1cccc(N(Cc2ccc(F)c(F)c2)C2CCNCC2)c1. The zero-order chi connectivity index (χ0) is 16.2. The summed E-state index contributed by atoms with van der Waals surface area (Å²) in [4.78, 5) is 2.08. The summed E-state index contributed by atoms with van der Waals surface area (Å²) in [7, 11) is 0. The molecule has 0 unspecified atom stereocenters. The average Bonchev–Trinajstić information content (AvgIpc) is 2.56. The fourth-order valence-electron chi connectivity index (χ4n) is 3.04. The Morgan fingerprint density at radius 1 is 0.957 bits per heavy atom. The molecule has 0 spiro atoms. The highest BCUT2D eigenvalue weighted by molar-refractivity contribution is 5.48. The van der Waals surface area contributed by atoms with E-state index in [1.165, 1.54) is 18.2 Å². The first-order valence-electron chi connectivity index (χ1n) is 7.80. The number of piperidine rings is 1. The molecule has 5 heteroatoms. The lowest BCUT2D eigenvalue weighted by molar-refractivity contribution is 0.427. The molecule has 0 bridgehead atoms. The zero-order valence-electron chi connectivity index (χ0n) is 12.7. The number of halogens is 3. The lowest BCUT2D eigenvalue weighted by atomic mass is 10.0. The van der Waals surface area contributed by atoms with Crippen LogP contribution in [0.5, 0.6) is 0 Å². The van der Waals surface area contributed by atoms with Crippen LogP contribution in [-0.2, 0) is 6.54 Å². The van der Waals surface area contributed by atoms with Crippen molar-refractivity contribution in [3.8, 4) is 0 Å². The van der Waals surface area contributed by atoms with Gasteiger partial charge in [0.25, 0.3) is 0 Å². The summed E-state index contributed by atoms with van der Waals surface area (Å²) in [5, 5.41) is 3.30. The molecule has 0 amide bonds. The Bertz CT molecular complexity index is 669. The molecule has 3 rings (SSSR count). The van der Waals surface area contributed by atoms with Crippen molar-refractivity contribution >= 4 is 5.69 Å². The summed E-state index contributed by atoms with van der Waals surface area (Å²) in [6, 6.07) is 10.6. The summed E-state index contributed by atoms with van der Waals surface area (Å²) >= 11 is 0. The lowest BCUT2D eigenvalue weighted by Crippen LogP contribution is -2.43. The molecule has 2 nitrogen and oxygen atoms in total. The number of benzene rings is 2. The highest BCUT2D eigenvalue weighted by Gasteiger charge is 2.22. The van der Waals surface area contributed by atoms with Gasteiger partial charge in [-0.1, -0.05) is 12.1 Å². The van der Waals surface area contributed by atoms with Gasteiger partial charge >= 0.3 is 0 Å². The van der Waals surface area contributed by atoms with Gasteiger partial charge in [-0.25, -0.2) is 13.2 Å². The quantitative estimate of drug-likeness (QED) is 0.920. The van der Waals surface area contributed by atoms with Crippen molar-refractivity contribution in [1.82, 2.24) is 5.32 Å². The van der Waals surface area contributed by atoms with E-state index in [0.717, 1.165) is 37.7 Å². The molecule has 0 radical (unpaired) electrons. The third-order valence-electron chi connectivity index (χ3n) is 4.23. The standard InChI is InChI=1S/C18H19F3N2/c19-14-2-1-3-16(11-14)23(15-6-8-22-9-7-15)12-13-4-5-17(20)18(21)10-13/h1-5,10-11,15,22H,6-9,12H2. The molecule has 2 aromatic rings. The molecular weight excluding hydrogens is 301 g/mol. The maximum absolute atomic E-state index is 13.6. The van der Waals surface area contributed by atoms with Crippen LogP contribution in [0.1, 0.15) is 18.4 Å². The summed E-state index contributed by atoms with van der Waals surface area (Å²) in [6.07, 6.45) is 1.86. The van der Waals surface area contributed by atoms with Crippen molar-refractivity contribution in [1.29, 1.82) is 0 Å². The minimum Gasteiger partial charge on any atom is -0.364 e. The molecule has 122 valence electrons. The number of nitrogens with one attached hydrogen (secondary N) is 1. The number of rotatable bonds is 4. The summed E-state index contributed by atoms with van der Waals surface area (Å²) in [5.41, 5.74) is 1.44. The van der Waals surface area contributed by atoms with Crippen LogP contribution in [0.2, 0.25) is 0 Å². The number of anilines is 1. The number of hydrogen-bond donors (Lipinski definition) is 1. The van der Waals surface area contributed by atoms with E-state index in [4.69, 9.17) is 0 Å². The molecule has 2 aromatic carbocycles. The van der Waals surface area contributed by atoms with Crippen LogP contribution in [-0.4, -0.2) is 19.1 Å². The van der Waals surface area contributed by atoms with Gasteiger partial charge in [-0.2, -0.15) is 0 Å². The van der Waals surface area contributed by atoms with Crippen LogP contribution < -0.4 is 10.2 Å². The fourth-order valence-corrected chi connectivity index (χ4v) is 3.04. The molecule has 0 aromatic heterocycles. The van der Waals surface area contributed by atoms with E-state index in [1.54, 1.807) is 12.1 Å². The van der Waals surface area contributed by atoms with Crippen molar-refractivity contribution in [3.05, 3.63) is 65.5 Å². The smallest absolute Gasteiger partial charge is 0.159 e. The first-order chi connectivity index (χ1) is 11.1. The van der Waals surface area contributed by atoms with E-state index in [2.05, 4.69) is 10.2 Å². The predicted octanol–water partition coefficient (Wildman–Crippen LogP) is 3.86. The second-order valence-electron chi connectivity index (χ2n) is 5.84. The predicted molar refractivity (Wildman–Crippen MR) is 84.8 cm³/mol. The second-order valence-corrected chi connectivity index (χ2v) is 5.84. The van der Waals surface area contributed by atoms with Crippen LogP contribution in [0.15, 0.2) is 42.5 Å². The van der Waals surface area contributed by atoms with Crippen molar-refractivity contribution in [3.63, 3.8) is 0 Å². The highest BCUT2D eigenvalue weighted by atomic mass is 19.2. The molecule has 1 aliphatic heterocycles. The maximum Gasteiger partial charge on any atom is 0.159 e. The third-order valence-corrected chi connectivity index (χ3v) is 4.23. The number of hydrogen-bond acceptors (Lipinski definition) is 2. The van der Waals surface area contributed by atoms with Gasteiger partial charge in [0.15, 0.2) is 11.6 Å². The first-order valence-corrected chi connectivity index (χ1v) is 7.80. The summed E-state index contributed by atoms with van der Waals surface area (Å²) in [5.74, 6) is -2.01. The van der Waals surface area contributed by atoms with Crippen molar-refractivity contribution in [2.45, 2.75) is 25.4 Å². The van der Waals surface area contributed by atoms with Gasteiger partial charge in [-0.15, -0.1) is 0 Å². The van der Waals surface area contributed by atoms with Gasteiger partial charge < -0.3 is 10.2 Å². The largest absolute Gasteiger partial charge is 0.364 e. The molecule has 1 N–H and O–H groups in total. The van der Waals surface area contributed by atoms with E-state index >= 15 is 0 Å². The maximum atomic E-state index is 13.6. The minimum atomic E-state index is -0.855. The van der Waals surface area contributed by atoms with Crippen molar-refractivity contribution in [2.75, 3.05) is 18.0 Å². The van der Waals surface area contributed by atoms with Crippen LogP contribution in [0.3, 0.4) is 0 Å². The van der Waals surface area contributed by atoms with E-state index < -0.39 is 11.6 Å². The van der Waals surface area contributed by atoms with Gasteiger partial charge in [-0.3, -0.25) is 0 Å². The second kappa shape index (κ2) is 7.04.